The van der Waals surface area contributed by atoms with E-state index in [-0.39, 0.29) is 12.4 Å². The molecule has 1 atom stereocenters. The van der Waals surface area contributed by atoms with Gasteiger partial charge in [-0.3, -0.25) is 5.41 Å². The number of hydrogen-bond acceptors (Lipinski definition) is 4. The number of aliphatic carboxylic acids is 1. The van der Waals surface area contributed by atoms with Crippen LogP contribution in [-0.2, 0) is 9.63 Å². The smallest absolute Gasteiger partial charge is 0.468 e. The third-order valence-electron chi connectivity index (χ3n) is 1.86. The Balaban J connectivity index is 2.24. The van der Waals surface area contributed by atoms with Gasteiger partial charge in [0.2, 0.25) is 0 Å². The van der Waals surface area contributed by atoms with Crippen molar-refractivity contribution in [3.8, 4) is 0 Å². The van der Waals surface area contributed by atoms with Crippen molar-refractivity contribution < 1.29 is 19.5 Å². The van der Waals surface area contributed by atoms with Crippen molar-refractivity contribution >= 4 is 18.0 Å². The van der Waals surface area contributed by atoms with Gasteiger partial charge in [0.1, 0.15) is 0 Å². The first kappa shape index (κ1) is 11.1. The molecule has 84 valence electrons. The number of amides is 1. The zero-order valence-electron chi connectivity index (χ0n) is 7.90. The number of nitrogens with zero attached hydrogens (tertiary/aromatic N) is 1. The van der Waals surface area contributed by atoms with Crippen molar-refractivity contribution in [2.75, 3.05) is 6.54 Å². The second-order valence-electron chi connectivity index (χ2n) is 3.02. The lowest BCUT2D eigenvalue weighted by atomic mass is 10.1. The molecule has 0 spiro atoms. The lowest BCUT2D eigenvalue weighted by Gasteiger charge is -2.08. The molecule has 0 bridgehead atoms. The summed E-state index contributed by atoms with van der Waals surface area (Å²) in [6.45, 7) is 0.390. The molecule has 1 amide bonds. The fourth-order valence-corrected chi connectivity index (χ4v) is 1.11. The van der Waals surface area contributed by atoms with E-state index in [0.717, 1.165) is 5.06 Å². The van der Waals surface area contributed by atoms with E-state index in [1.54, 1.807) is 0 Å². The number of carboxylic acid groups (broad SMARTS) is 1. The predicted molar refractivity (Wildman–Crippen MR) is 48.9 cm³/mol. The molecule has 1 rings (SSSR count). The summed E-state index contributed by atoms with van der Waals surface area (Å²) in [5, 5.41) is 19.0. The number of carbonyl (C=O) groups excluding carboxylic acids is 1. The van der Waals surface area contributed by atoms with Crippen LogP contribution < -0.4 is 11.1 Å². The summed E-state index contributed by atoms with van der Waals surface area (Å²) in [6, 6.07) is -0.953. The summed E-state index contributed by atoms with van der Waals surface area (Å²) in [6.07, 6.45) is 0.104. The van der Waals surface area contributed by atoms with Crippen LogP contribution in [0.3, 0.4) is 0 Å². The van der Waals surface area contributed by atoms with Crippen LogP contribution in [0, 0.1) is 5.41 Å². The van der Waals surface area contributed by atoms with E-state index in [9.17, 15) is 9.59 Å². The fourth-order valence-electron chi connectivity index (χ4n) is 1.11. The van der Waals surface area contributed by atoms with Crippen molar-refractivity contribution in [3.05, 3.63) is 0 Å². The highest BCUT2D eigenvalue weighted by molar-refractivity contribution is 5.85. The van der Waals surface area contributed by atoms with Crippen molar-refractivity contribution in [2.24, 2.45) is 5.73 Å². The average molecular weight is 216 g/mol. The molecule has 0 unspecified atom stereocenters. The lowest BCUT2D eigenvalue weighted by Crippen LogP contribution is -2.33. The zero-order chi connectivity index (χ0) is 11.4. The maximum atomic E-state index is 10.7. The molecular formula is C7H12N4O4. The number of carboxylic acids is 1. The Kier molecular flexibility index (Phi) is 3.32. The highest BCUT2D eigenvalue weighted by atomic mass is 16.9. The van der Waals surface area contributed by atoms with Crippen LogP contribution in [-0.4, -0.2) is 40.8 Å². The molecule has 0 saturated carbocycles. The Morgan fingerprint density at radius 2 is 2.33 bits per heavy atom. The molecule has 0 aliphatic carbocycles. The quantitative estimate of drug-likeness (QED) is 0.196. The maximum absolute atomic E-state index is 10.7. The monoisotopic (exact) mass is 216 g/mol. The Hall–Kier alpha value is -1.99. The van der Waals surface area contributed by atoms with Gasteiger partial charge in [-0.05, 0) is 12.8 Å². The maximum Gasteiger partial charge on any atom is 0.468 e. The van der Waals surface area contributed by atoms with Crippen LogP contribution >= 0.6 is 0 Å². The van der Waals surface area contributed by atoms with Gasteiger partial charge in [0.25, 0.3) is 0 Å². The molecule has 1 aliphatic rings. The topological polar surface area (TPSA) is 132 Å². The van der Waals surface area contributed by atoms with Crippen LogP contribution in [0.4, 0.5) is 4.79 Å². The van der Waals surface area contributed by atoms with Crippen molar-refractivity contribution in [1.82, 2.24) is 10.4 Å². The SMILES string of the molecule is N=C(N)NCCC[C@@H](C(=O)O)N1OC1=O. The number of rotatable bonds is 6. The van der Waals surface area contributed by atoms with Crippen LogP contribution in [0.5, 0.6) is 0 Å². The van der Waals surface area contributed by atoms with Gasteiger partial charge in [0.15, 0.2) is 12.0 Å². The molecule has 0 aromatic heterocycles. The normalized spacial score (nSPS) is 15.5. The van der Waals surface area contributed by atoms with Gasteiger partial charge in [0.05, 0.1) is 0 Å². The van der Waals surface area contributed by atoms with Crippen LogP contribution in [0.15, 0.2) is 0 Å². The van der Waals surface area contributed by atoms with Gasteiger partial charge >= 0.3 is 12.1 Å². The van der Waals surface area contributed by atoms with E-state index in [1.165, 1.54) is 0 Å². The van der Waals surface area contributed by atoms with Crippen molar-refractivity contribution in [1.29, 1.82) is 5.41 Å². The number of carbonyl (C=O) groups is 2. The fraction of sp³-hybridized carbons (Fsp3) is 0.571. The minimum atomic E-state index is -1.11. The van der Waals surface area contributed by atoms with E-state index in [2.05, 4.69) is 10.2 Å². The third kappa shape index (κ3) is 3.33. The number of guanidine groups is 1. The molecule has 0 aromatic carbocycles. The summed E-state index contributed by atoms with van der Waals surface area (Å²) in [7, 11) is 0. The average Bonchev–Trinajstić information content (AvgIpc) is 2.81. The van der Waals surface area contributed by atoms with Gasteiger partial charge in [-0.15, -0.1) is 5.06 Å². The molecular weight excluding hydrogens is 204 g/mol. The largest absolute Gasteiger partial charge is 0.480 e. The van der Waals surface area contributed by atoms with E-state index >= 15 is 0 Å². The minimum absolute atomic E-state index is 0.166. The first-order valence-electron chi connectivity index (χ1n) is 4.34. The Morgan fingerprint density at radius 1 is 1.73 bits per heavy atom. The van der Waals surface area contributed by atoms with Gasteiger partial charge in [-0.25, -0.2) is 9.59 Å². The Labute approximate surface area is 85.4 Å². The molecule has 8 nitrogen and oxygen atoms in total. The highest BCUT2D eigenvalue weighted by Crippen LogP contribution is 2.20. The number of hydrogen-bond donors (Lipinski definition) is 4. The summed E-state index contributed by atoms with van der Waals surface area (Å²) in [4.78, 5) is 25.6. The lowest BCUT2D eigenvalue weighted by molar-refractivity contribution is -0.143. The van der Waals surface area contributed by atoms with Crippen LogP contribution in [0.25, 0.3) is 0 Å². The molecule has 0 radical (unpaired) electrons. The Bertz CT molecular complexity index is 293. The zero-order valence-corrected chi connectivity index (χ0v) is 7.90. The molecule has 1 saturated heterocycles. The molecule has 5 N–H and O–H groups in total. The molecule has 1 aliphatic heterocycles. The minimum Gasteiger partial charge on any atom is -0.480 e. The van der Waals surface area contributed by atoms with E-state index < -0.39 is 18.1 Å². The van der Waals surface area contributed by atoms with E-state index in [1.807, 2.05) is 0 Å². The van der Waals surface area contributed by atoms with Crippen molar-refractivity contribution in [3.63, 3.8) is 0 Å². The number of nitrogens with one attached hydrogen (secondary N) is 2. The first-order chi connectivity index (χ1) is 7.02. The van der Waals surface area contributed by atoms with Gasteiger partial charge in [-0.2, -0.15) is 0 Å². The Morgan fingerprint density at radius 3 is 2.73 bits per heavy atom. The molecule has 8 heteroatoms. The number of hydroxylamine groups is 2. The van der Waals surface area contributed by atoms with Gasteiger partial charge in [-0.1, -0.05) is 0 Å². The second kappa shape index (κ2) is 4.49. The molecule has 0 aromatic rings. The molecule has 1 heterocycles. The predicted octanol–water partition coefficient (Wildman–Crippen LogP) is -0.930. The van der Waals surface area contributed by atoms with E-state index in [4.69, 9.17) is 16.2 Å². The van der Waals surface area contributed by atoms with Crippen LogP contribution in [0.1, 0.15) is 12.8 Å². The van der Waals surface area contributed by atoms with E-state index in [0.29, 0.717) is 13.0 Å². The van der Waals surface area contributed by atoms with Crippen molar-refractivity contribution in [2.45, 2.75) is 18.9 Å². The third-order valence-corrected chi connectivity index (χ3v) is 1.86. The number of nitrogens with two attached hydrogens (primary N) is 1. The molecule has 1 fully saturated rings. The van der Waals surface area contributed by atoms with Gasteiger partial charge < -0.3 is 21.0 Å². The summed E-state index contributed by atoms with van der Waals surface area (Å²) in [5.74, 6) is -1.27. The summed E-state index contributed by atoms with van der Waals surface area (Å²) >= 11 is 0. The standard InChI is InChI=1S/C7H12N4O4/c8-6(9)10-3-1-2-4(5(12)13)11-7(14)15-11/h4H,1-3H2,(H,12,13)(H4,8,9,10)/t4-,11?/m0/s1. The second-order valence-corrected chi connectivity index (χ2v) is 3.02. The van der Waals surface area contributed by atoms with Gasteiger partial charge in [0, 0.05) is 6.54 Å². The first-order valence-corrected chi connectivity index (χ1v) is 4.34. The summed E-state index contributed by atoms with van der Waals surface area (Å²) < 4.78 is 0. The van der Waals surface area contributed by atoms with Crippen LogP contribution in [0.2, 0.25) is 0 Å². The molecule has 15 heavy (non-hydrogen) atoms. The highest BCUT2D eigenvalue weighted by Gasteiger charge is 2.45. The summed E-state index contributed by atoms with van der Waals surface area (Å²) in [5.41, 5.74) is 5.03.